The minimum Gasteiger partial charge on any atom is -0.396 e. The number of hydrogen-bond acceptors (Lipinski definition) is 1. The van der Waals surface area contributed by atoms with Crippen LogP contribution in [0.3, 0.4) is 0 Å². The molecule has 13 heavy (non-hydrogen) atoms. The Morgan fingerprint density at radius 2 is 1.85 bits per heavy atom. The first-order chi connectivity index (χ1) is 6.02. The van der Waals surface area contributed by atoms with Crippen molar-refractivity contribution in [2.24, 2.45) is 11.3 Å². The van der Waals surface area contributed by atoms with Crippen molar-refractivity contribution >= 4 is 0 Å². The second kappa shape index (κ2) is 6.42. The molecule has 0 aromatic rings. The summed E-state index contributed by atoms with van der Waals surface area (Å²) in [5.74, 6) is 0.861. The van der Waals surface area contributed by atoms with Gasteiger partial charge in [0.25, 0.3) is 0 Å². The van der Waals surface area contributed by atoms with Crippen molar-refractivity contribution in [3.8, 4) is 0 Å². The van der Waals surface area contributed by atoms with Crippen LogP contribution in [-0.2, 0) is 0 Å². The Morgan fingerprint density at radius 3 is 2.31 bits per heavy atom. The number of aliphatic hydroxyl groups excluding tert-OH is 1. The highest BCUT2D eigenvalue weighted by Crippen LogP contribution is 2.24. The lowest BCUT2D eigenvalue weighted by atomic mass is 9.86. The topological polar surface area (TPSA) is 20.2 Å². The van der Waals surface area contributed by atoms with Crippen LogP contribution in [0, 0.1) is 11.3 Å². The lowest BCUT2D eigenvalue weighted by Gasteiger charge is -2.22. The fourth-order valence-electron chi connectivity index (χ4n) is 1.65. The summed E-state index contributed by atoms with van der Waals surface area (Å²) in [6.07, 6.45) is 6.37. The van der Waals surface area contributed by atoms with Gasteiger partial charge < -0.3 is 5.11 Å². The van der Waals surface area contributed by atoms with E-state index >= 15 is 0 Å². The monoisotopic (exact) mass is 186 g/mol. The van der Waals surface area contributed by atoms with Crippen molar-refractivity contribution in [3.63, 3.8) is 0 Å². The van der Waals surface area contributed by atoms with E-state index in [-0.39, 0.29) is 5.41 Å². The van der Waals surface area contributed by atoms with E-state index in [2.05, 4.69) is 27.7 Å². The largest absolute Gasteiger partial charge is 0.396 e. The minimum atomic E-state index is 0.131. The van der Waals surface area contributed by atoms with Crippen molar-refractivity contribution in [1.82, 2.24) is 0 Å². The Bertz CT molecular complexity index is 118. The molecular formula is C12H26O. The first-order valence-electron chi connectivity index (χ1n) is 5.62. The second-order valence-electron chi connectivity index (χ2n) is 5.11. The maximum absolute atomic E-state index is 9.06. The highest BCUT2D eigenvalue weighted by molar-refractivity contribution is 4.67. The maximum Gasteiger partial charge on any atom is 0.0482 e. The average molecular weight is 186 g/mol. The van der Waals surface area contributed by atoms with Gasteiger partial charge in [-0.05, 0) is 17.8 Å². The van der Waals surface area contributed by atoms with Crippen molar-refractivity contribution in [1.29, 1.82) is 0 Å². The van der Waals surface area contributed by atoms with Gasteiger partial charge in [-0.1, -0.05) is 53.4 Å². The lowest BCUT2D eigenvalue weighted by molar-refractivity contribution is 0.145. The van der Waals surface area contributed by atoms with Gasteiger partial charge in [-0.2, -0.15) is 0 Å². The fraction of sp³-hybridized carbons (Fsp3) is 1.00. The Labute approximate surface area is 83.5 Å². The molecule has 0 aliphatic rings. The standard InChI is InChI=1S/C12H26O/c1-5-7-11(2)8-6-9-12(3,4)10-13/h11,13H,5-10H2,1-4H3. The summed E-state index contributed by atoms with van der Waals surface area (Å²) < 4.78 is 0. The summed E-state index contributed by atoms with van der Waals surface area (Å²) in [4.78, 5) is 0. The normalized spacial score (nSPS) is 14.5. The van der Waals surface area contributed by atoms with E-state index in [9.17, 15) is 0 Å². The molecule has 0 amide bonds. The van der Waals surface area contributed by atoms with Crippen LogP contribution in [0.4, 0.5) is 0 Å². The van der Waals surface area contributed by atoms with Crippen molar-refractivity contribution in [2.75, 3.05) is 6.61 Å². The number of aliphatic hydroxyl groups is 1. The Morgan fingerprint density at radius 1 is 1.23 bits per heavy atom. The quantitative estimate of drug-likeness (QED) is 0.644. The summed E-state index contributed by atoms with van der Waals surface area (Å²) in [7, 11) is 0. The van der Waals surface area contributed by atoms with E-state index in [1.165, 1.54) is 25.7 Å². The van der Waals surface area contributed by atoms with Gasteiger partial charge in [-0.15, -0.1) is 0 Å². The van der Waals surface area contributed by atoms with Gasteiger partial charge in [-0.25, -0.2) is 0 Å². The highest BCUT2D eigenvalue weighted by atomic mass is 16.3. The van der Waals surface area contributed by atoms with E-state index in [0.29, 0.717) is 6.61 Å². The zero-order chi connectivity index (χ0) is 10.3. The Hall–Kier alpha value is -0.0400. The molecule has 1 N–H and O–H groups in total. The van der Waals surface area contributed by atoms with E-state index in [0.717, 1.165) is 12.3 Å². The summed E-state index contributed by atoms with van der Waals surface area (Å²) in [5.41, 5.74) is 0.131. The Kier molecular flexibility index (Phi) is 6.40. The molecule has 0 bridgehead atoms. The average Bonchev–Trinajstić information content (AvgIpc) is 2.05. The molecule has 0 heterocycles. The molecule has 0 aliphatic heterocycles. The van der Waals surface area contributed by atoms with E-state index in [1.54, 1.807) is 0 Å². The van der Waals surface area contributed by atoms with Crippen LogP contribution < -0.4 is 0 Å². The zero-order valence-corrected chi connectivity index (χ0v) is 9.77. The third-order valence-corrected chi connectivity index (χ3v) is 2.76. The molecular weight excluding hydrogens is 160 g/mol. The molecule has 1 heteroatoms. The molecule has 80 valence electrons. The molecule has 0 spiro atoms. The van der Waals surface area contributed by atoms with E-state index in [4.69, 9.17) is 5.11 Å². The first kappa shape index (κ1) is 13.0. The van der Waals surface area contributed by atoms with Gasteiger partial charge in [0, 0.05) is 6.61 Å². The number of rotatable bonds is 7. The van der Waals surface area contributed by atoms with Crippen LogP contribution in [0.15, 0.2) is 0 Å². The van der Waals surface area contributed by atoms with Crippen molar-refractivity contribution in [2.45, 2.75) is 59.8 Å². The lowest BCUT2D eigenvalue weighted by Crippen LogP contribution is -2.16. The predicted molar refractivity (Wildman–Crippen MR) is 58.8 cm³/mol. The van der Waals surface area contributed by atoms with Gasteiger partial charge in [0.05, 0.1) is 0 Å². The second-order valence-corrected chi connectivity index (χ2v) is 5.11. The SMILES string of the molecule is CCCC(C)CCCC(C)(C)CO. The summed E-state index contributed by atoms with van der Waals surface area (Å²) in [6, 6.07) is 0. The van der Waals surface area contributed by atoms with Crippen molar-refractivity contribution in [3.05, 3.63) is 0 Å². The first-order valence-corrected chi connectivity index (χ1v) is 5.62. The van der Waals surface area contributed by atoms with Gasteiger partial charge in [0.2, 0.25) is 0 Å². The molecule has 0 rings (SSSR count). The van der Waals surface area contributed by atoms with Gasteiger partial charge in [0.15, 0.2) is 0 Å². The van der Waals surface area contributed by atoms with Crippen molar-refractivity contribution < 1.29 is 5.11 Å². The molecule has 0 fully saturated rings. The maximum atomic E-state index is 9.06. The van der Waals surface area contributed by atoms with E-state index in [1.807, 2.05) is 0 Å². The molecule has 0 saturated carbocycles. The van der Waals surface area contributed by atoms with Crippen LogP contribution in [0.5, 0.6) is 0 Å². The fourth-order valence-corrected chi connectivity index (χ4v) is 1.65. The van der Waals surface area contributed by atoms with Crippen LogP contribution in [0.25, 0.3) is 0 Å². The molecule has 0 aromatic carbocycles. The van der Waals surface area contributed by atoms with Crippen LogP contribution in [-0.4, -0.2) is 11.7 Å². The molecule has 1 atom stereocenters. The highest BCUT2D eigenvalue weighted by Gasteiger charge is 2.15. The molecule has 0 saturated heterocycles. The molecule has 0 aliphatic carbocycles. The van der Waals surface area contributed by atoms with Gasteiger partial charge in [-0.3, -0.25) is 0 Å². The minimum absolute atomic E-state index is 0.131. The number of hydrogen-bond donors (Lipinski definition) is 1. The summed E-state index contributed by atoms with van der Waals surface area (Å²) in [6.45, 7) is 9.16. The zero-order valence-electron chi connectivity index (χ0n) is 9.77. The third kappa shape index (κ3) is 7.06. The van der Waals surface area contributed by atoms with Crippen LogP contribution in [0.1, 0.15) is 59.8 Å². The van der Waals surface area contributed by atoms with Gasteiger partial charge >= 0.3 is 0 Å². The predicted octanol–water partition coefficient (Wildman–Crippen LogP) is 3.61. The Balaban J connectivity index is 3.44. The molecule has 0 radical (unpaired) electrons. The van der Waals surface area contributed by atoms with Crippen LogP contribution in [0.2, 0.25) is 0 Å². The molecule has 1 unspecified atom stereocenters. The molecule has 1 nitrogen and oxygen atoms in total. The summed E-state index contributed by atoms with van der Waals surface area (Å²) in [5, 5.41) is 9.06. The third-order valence-electron chi connectivity index (χ3n) is 2.76. The molecule has 0 aromatic heterocycles. The van der Waals surface area contributed by atoms with Gasteiger partial charge in [0.1, 0.15) is 0 Å². The summed E-state index contributed by atoms with van der Waals surface area (Å²) >= 11 is 0. The smallest absolute Gasteiger partial charge is 0.0482 e. The van der Waals surface area contributed by atoms with Crippen LogP contribution >= 0.6 is 0 Å². The van der Waals surface area contributed by atoms with E-state index < -0.39 is 0 Å².